The van der Waals surface area contributed by atoms with Gasteiger partial charge in [0.15, 0.2) is 0 Å². The number of hydrogen-bond donors (Lipinski definition) is 1. The summed E-state index contributed by atoms with van der Waals surface area (Å²) in [7, 11) is 0. The van der Waals surface area contributed by atoms with Crippen LogP contribution in [-0.2, 0) is 27.3 Å². The van der Waals surface area contributed by atoms with Crippen LogP contribution in [0.15, 0.2) is 86.0 Å². The number of carbonyl (C=O) groups is 3. The number of fused-ring (bicyclic) bond motifs is 1. The Morgan fingerprint density at radius 3 is 2.28 bits per heavy atom. The molecular formula is C37H46BrN3O4S. The molecule has 246 valence electrons. The highest BCUT2D eigenvalue weighted by atomic mass is 79.9. The number of hydrogen-bond acceptors (Lipinski definition) is 5. The molecule has 46 heavy (non-hydrogen) atoms. The van der Waals surface area contributed by atoms with Crippen molar-refractivity contribution < 1.29 is 19.5 Å². The zero-order valence-electron chi connectivity index (χ0n) is 26.8. The Morgan fingerprint density at radius 2 is 1.70 bits per heavy atom. The Morgan fingerprint density at radius 1 is 1.07 bits per heavy atom. The molecule has 0 aromatic heterocycles. The number of aliphatic hydroxyl groups is 1. The minimum absolute atomic E-state index is 0.0457. The van der Waals surface area contributed by atoms with Gasteiger partial charge in [-0.1, -0.05) is 102 Å². The van der Waals surface area contributed by atoms with Crippen LogP contribution in [-0.4, -0.2) is 90.2 Å². The summed E-state index contributed by atoms with van der Waals surface area (Å²) in [5.41, 5.74) is 1.97. The number of amides is 3. The Balaban J connectivity index is 1.59. The average Bonchev–Trinajstić information content (AvgIpc) is 3.66. The summed E-state index contributed by atoms with van der Waals surface area (Å²) in [4.78, 5) is 49.7. The van der Waals surface area contributed by atoms with E-state index in [0.717, 1.165) is 24.0 Å². The van der Waals surface area contributed by atoms with Crippen molar-refractivity contribution in [3.63, 3.8) is 0 Å². The first-order valence-corrected chi connectivity index (χ1v) is 18.2. The molecule has 3 amide bonds. The third kappa shape index (κ3) is 6.35. The Hall–Kier alpha value is -2.88. The molecule has 2 aromatic rings. The highest BCUT2D eigenvalue weighted by Gasteiger charge is 2.76. The summed E-state index contributed by atoms with van der Waals surface area (Å²) in [6.07, 6.45) is 6.18. The van der Waals surface area contributed by atoms with Crippen molar-refractivity contribution in [3.05, 3.63) is 97.1 Å². The normalized spacial score (nSPS) is 27.6. The molecule has 8 atom stereocenters. The van der Waals surface area contributed by atoms with Crippen LogP contribution >= 0.6 is 27.7 Å². The third-order valence-corrected chi connectivity index (χ3v) is 13.1. The van der Waals surface area contributed by atoms with E-state index >= 15 is 0 Å². The van der Waals surface area contributed by atoms with Gasteiger partial charge in [-0.3, -0.25) is 14.4 Å². The second kappa shape index (κ2) is 14.9. The molecule has 3 heterocycles. The van der Waals surface area contributed by atoms with Gasteiger partial charge >= 0.3 is 0 Å². The molecule has 0 aliphatic carbocycles. The molecule has 9 heteroatoms. The summed E-state index contributed by atoms with van der Waals surface area (Å²) in [6, 6.07) is 18.1. The molecule has 3 fully saturated rings. The van der Waals surface area contributed by atoms with Crippen LogP contribution in [0.4, 0.5) is 0 Å². The Bertz CT molecular complexity index is 1410. The van der Waals surface area contributed by atoms with E-state index in [0.29, 0.717) is 32.5 Å². The molecule has 5 rings (SSSR count). The van der Waals surface area contributed by atoms with Gasteiger partial charge < -0.3 is 19.8 Å². The maximum atomic E-state index is 14.9. The van der Waals surface area contributed by atoms with Gasteiger partial charge in [-0.05, 0) is 37.3 Å². The lowest BCUT2D eigenvalue weighted by Crippen LogP contribution is -2.59. The zero-order chi connectivity index (χ0) is 33.0. The summed E-state index contributed by atoms with van der Waals surface area (Å²) in [5, 5.41) is 10.7. The van der Waals surface area contributed by atoms with Gasteiger partial charge in [0.2, 0.25) is 17.7 Å². The monoisotopic (exact) mass is 707 g/mol. The lowest BCUT2D eigenvalue weighted by Gasteiger charge is -2.41. The van der Waals surface area contributed by atoms with Crippen LogP contribution in [0.2, 0.25) is 0 Å². The van der Waals surface area contributed by atoms with Crippen LogP contribution in [0, 0.1) is 11.8 Å². The zero-order valence-corrected chi connectivity index (χ0v) is 29.2. The first-order chi connectivity index (χ1) is 22.2. The summed E-state index contributed by atoms with van der Waals surface area (Å²) >= 11 is 5.54. The predicted octanol–water partition coefficient (Wildman–Crippen LogP) is 5.47. The number of alkyl halides is 1. The van der Waals surface area contributed by atoms with Crippen molar-refractivity contribution in [3.8, 4) is 0 Å². The van der Waals surface area contributed by atoms with E-state index < -0.39 is 28.7 Å². The molecule has 0 saturated carbocycles. The second-order valence-corrected chi connectivity index (χ2v) is 15.6. The quantitative estimate of drug-likeness (QED) is 0.196. The van der Waals surface area contributed by atoms with E-state index in [9.17, 15) is 19.5 Å². The Kier molecular flexibility index (Phi) is 11.2. The molecule has 3 aliphatic rings. The molecule has 1 spiro atoms. The van der Waals surface area contributed by atoms with E-state index in [1.54, 1.807) is 33.7 Å². The van der Waals surface area contributed by atoms with Crippen molar-refractivity contribution in [1.29, 1.82) is 0 Å². The highest BCUT2D eigenvalue weighted by molar-refractivity contribution is 9.09. The molecule has 2 aromatic carbocycles. The summed E-state index contributed by atoms with van der Waals surface area (Å²) in [6.45, 7) is 12.8. The molecule has 7 nitrogen and oxygen atoms in total. The first kappa shape index (κ1) is 34.5. The van der Waals surface area contributed by atoms with Gasteiger partial charge in [-0.2, -0.15) is 0 Å². The smallest absolute Gasteiger partial charge is 0.247 e. The number of halogens is 1. The van der Waals surface area contributed by atoms with Gasteiger partial charge in [-0.25, -0.2) is 0 Å². The van der Waals surface area contributed by atoms with Crippen LogP contribution in [0.3, 0.4) is 0 Å². The highest BCUT2D eigenvalue weighted by Crippen LogP contribution is 2.68. The largest absolute Gasteiger partial charge is 0.394 e. The van der Waals surface area contributed by atoms with Crippen LogP contribution < -0.4 is 0 Å². The predicted molar refractivity (Wildman–Crippen MR) is 188 cm³/mol. The fraction of sp³-hybridized carbons (Fsp3) is 0.486. The average molecular weight is 709 g/mol. The van der Waals surface area contributed by atoms with Crippen LogP contribution in [0.5, 0.6) is 0 Å². The number of aliphatic hydroxyl groups excluding tert-OH is 1. The van der Waals surface area contributed by atoms with Crippen LogP contribution in [0.25, 0.3) is 0 Å². The number of nitrogens with zero attached hydrogens (tertiary/aromatic N) is 3. The second-order valence-electron chi connectivity index (χ2n) is 12.8. The number of carbonyl (C=O) groups excluding carboxylic acids is 3. The van der Waals surface area contributed by atoms with Gasteiger partial charge in [-0.15, -0.1) is 24.9 Å². The maximum absolute atomic E-state index is 14.9. The number of likely N-dealkylation sites (tertiary alicyclic amines) is 1. The number of thioether (sulfide) groups is 1. The third-order valence-electron chi connectivity index (χ3n) is 9.89. The standard InChI is InChI=1S/C37H46BrN3O4S/c1-5-14-25(4)40(20-7-3)36(45)33-37-22-29(38)32(46-37)30(34(43)39(19-6-2)23-27-17-12-9-13-18-27)31(37)35(44)41(33)28(24-42)21-26-15-10-8-11-16-26/h6-13,15-18,25,28-33,42H,2-3,5,14,19-24H2,1,4H3/t25?,28-,29?,30-,31+,32-,33?,37?/m1/s1. The minimum atomic E-state index is -0.819. The van der Waals surface area contributed by atoms with Crippen molar-refractivity contribution in [2.45, 2.75) is 79.0 Å². The lowest BCUT2D eigenvalue weighted by molar-refractivity contribution is -0.147. The Labute approximate surface area is 286 Å². The number of rotatable bonds is 15. The maximum Gasteiger partial charge on any atom is 0.247 e. The molecule has 3 aliphatic heterocycles. The van der Waals surface area contributed by atoms with E-state index in [4.69, 9.17) is 0 Å². The van der Waals surface area contributed by atoms with Crippen molar-refractivity contribution in [2.75, 3.05) is 19.7 Å². The minimum Gasteiger partial charge on any atom is -0.394 e. The van der Waals surface area contributed by atoms with Crippen LogP contribution in [0.1, 0.15) is 44.2 Å². The lowest BCUT2D eigenvalue weighted by atomic mass is 9.70. The topological polar surface area (TPSA) is 81.2 Å². The molecule has 2 bridgehead atoms. The fourth-order valence-corrected chi connectivity index (χ4v) is 11.5. The van der Waals surface area contributed by atoms with Crippen molar-refractivity contribution in [1.82, 2.24) is 14.7 Å². The van der Waals surface area contributed by atoms with Gasteiger partial charge in [0.1, 0.15) is 6.04 Å². The van der Waals surface area contributed by atoms with Crippen molar-refractivity contribution in [2.24, 2.45) is 11.8 Å². The SMILES string of the molecule is C=CCN(Cc1ccccc1)C(=O)[C@H]1[C@@H]2SC3(CC2Br)C(C(=O)N(CC=C)C(C)CCC)N([C@@H](CO)Cc2ccccc2)C(=O)[C@H]13. The van der Waals surface area contributed by atoms with Gasteiger partial charge in [0, 0.05) is 35.8 Å². The molecule has 3 saturated heterocycles. The summed E-state index contributed by atoms with van der Waals surface area (Å²) < 4.78 is -0.810. The number of benzene rings is 2. The van der Waals surface area contributed by atoms with Gasteiger partial charge in [0.25, 0.3) is 0 Å². The first-order valence-electron chi connectivity index (χ1n) is 16.4. The summed E-state index contributed by atoms with van der Waals surface area (Å²) in [5.74, 6) is -1.73. The van der Waals surface area contributed by atoms with Crippen molar-refractivity contribution >= 4 is 45.4 Å². The molecular weight excluding hydrogens is 662 g/mol. The van der Waals surface area contributed by atoms with E-state index in [2.05, 4.69) is 36.0 Å². The fourth-order valence-electron chi connectivity index (χ4n) is 7.92. The van der Waals surface area contributed by atoms with Gasteiger partial charge in [0.05, 0.1) is 29.2 Å². The molecule has 1 N–H and O–H groups in total. The van der Waals surface area contributed by atoms with E-state index in [1.165, 1.54) is 0 Å². The van der Waals surface area contributed by atoms with E-state index in [-0.39, 0.29) is 40.4 Å². The molecule has 0 radical (unpaired) electrons. The molecule has 4 unspecified atom stereocenters. The van der Waals surface area contributed by atoms with E-state index in [1.807, 2.05) is 72.5 Å².